The number of fused-ring (bicyclic) bond motifs is 1. The maximum absolute atomic E-state index is 5.87. The van der Waals surface area contributed by atoms with Crippen molar-refractivity contribution in [3.63, 3.8) is 0 Å². The Morgan fingerprint density at radius 2 is 1.65 bits per heavy atom. The SMILES string of the molecule is Cc1ccc(N)cc1N1Cc2ccccc2C1. The summed E-state index contributed by atoms with van der Waals surface area (Å²) < 4.78 is 0. The van der Waals surface area contributed by atoms with E-state index in [0.717, 1.165) is 18.8 Å². The second-order valence-corrected chi connectivity index (χ2v) is 4.67. The molecule has 0 saturated heterocycles. The van der Waals surface area contributed by atoms with E-state index in [4.69, 9.17) is 5.73 Å². The van der Waals surface area contributed by atoms with Crippen LogP contribution in [-0.2, 0) is 13.1 Å². The van der Waals surface area contributed by atoms with Crippen LogP contribution in [0.15, 0.2) is 42.5 Å². The molecule has 2 N–H and O–H groups in total. The maximum Gasteiger partial charge on any atom is 0.0436 e. The fourth-order valence-electron chi connectivity index (χ4n) is 2.47. The molecule has 0 bridgehead atoms. The molecule has 0 amide bonds. The van der Waals surface area contributed by atoms with Crippen LogP contribution in [0.25, 0.3) is 0 Å². The predicted molar refractivity (Wildman–Crippen MR) is 71.9 cm³/mol. The zero-order valence-corrected chi connectivity index (χ0v) is 9.98. The van der Waals surface area contributed by atoms with Crippen molar-refractivity contribution >= 4 is 11.4 Å². The zero-order chi connectivity index (χ0) is 11.8. The van der Waals surface area contributed by atoms with Crippen molar-refractivity contribution in [3.05, 3.63) is 59.2 Å². The van der Waals surface area contributed by atoms with Crippen LogP contribution in [0.3, 0.4) is 0 Å². The van der Waals surface area contributed by atoms with E-state index >= 15 is 0 Å². The van der Waals surface area contributed by atoms with Crippen LogP contribution >= 0.6 is 0 Å². The van der Waals surface area contributed by atoms with E-state index in [-0.39, 0.29) is 0 Å². The van der Waals surface area contributed by atoms with Crippen LogP contribution in [0.1, 0.15) is 16.7 Å². The lowest BCUT2D eigenvalue weighted by molar-refractivity contribution is 0.875. The summed E-state index contributed by atoms with van der Waals surface area (Å²) in [5, 5.41) is 0. The van der Waals surface area contributed by atoms with E-state index in [2.05, 4.69) is 48.2 Å². The lowest BCUT2D eigenvalue weighted by Gasteiger charge is -2.20. The Morgan fingerprint density at radius 1 is 1.00 bits per heavy atom. The summed E-state index contributed by atoms with van der Waals surface area (Å²) in [6.07, 6.45) is 0. The van der Waals surface area contributed by atoms with Crippen molar-refractivity contribution in [3.8, 4) is 0 Å². The summed E-state index contributed by atoms with van der Waals surface area (Å²) in [6.45, 7) is 4.11. The second kappa shape index (κ2) is 3.81. The molecule has 0 radical (unpaired) electrons. The highest BCUT2D eigenvalue weighted by molar-refractivity contribution is 5.62. The van der Waals surface area contributed by atoms with E-state index in [9.17, 15) is 0 Å². The number of hydrogen-bond acceptors (Lipinski definition) is 2. The minimum absolute atomic E-state index is 0.835. The van der Waals surface area contributed by atoms with Gasteiger partial charge in [0.25, 0.3) is 0 Å². The van der Waals surface area contributed by atoms with E-state index < -0.39 is 0 Å². The van der Waals surface area contributed by atoms with Gasteiger partial charge in [-0.2, -0.15) is 0 Å². The predicted octanol–water partition coefficient (Wildman–Crippen LogP) is 3.10. The number of benzene rings is 2. The van der Waals surface area contributed by atoms with Crippen LogP contribution in [0.5, 0.6) is 0 Å². The molecule has 0 atom stereocenters. The molecule has 1 aliphatic heterocycles. The van der Waals surface area contributed by atoms with Crippen LogP contribution in [0, 0.1) is 6.92 Å². The van der Waals surface area contributed by atoms with Crippen molar-refractivity contribution in [2.24, 2.45) is 0 Å². The third-order valence-electron chi connectivity index (χ3n) is 3.41. The van der Waals surface area contributed by atoms with Gasteiger partial charge in [-0.15, -0.1) is 0 Å². The van der Waals surface area contributed by atoms with Gasteiger partial charge in [0.05, 0.1) is 0 Å². The van der Waals surface area contributed by atoms with Gasteiger partial charge in [-0.05, 0) is 35.7 Å². The molecule has 2 aromatic carbocycles. The van der Waals surface area contributed by atoms with Crippen LogP contribution in [-0.4, -0.2) is 0 Å². The molecule has 0 saturated carbocycles. The van der Waals surface area contributed by atoms with E-state index in [1.807, 2.05) is 6.07 Å². The molecule has 86 valence electrons. The normalized spacial score (nSPS) is 13.8. The standard InChI is InChI=1S/C15H16N2/c1-11-6-7-14(16)8-15(11)17-9-12-4-2-3-5-13(12)10-17/h2-8H,9-10,16H2,1H3. The largest absolute Gasteiger partial charge is 0.399 e. The van der Waals surface area contributed by atoms with Gasteiger partial charge in [0.1, 0.15) is 0 Å². The molecule has 2 nitrogen and oxygen atoms in total. The van der Waals surface area contributed by atoms with Gasteiger partial charge in [-0.25, -0.2) is 0 Å². The van der Waals surface area contributed by atoms with Crippen LogP contribution in [0.2, 0.25) is 0 Å². The average Bonchev–Trinajstić information content (AvgIpc) is 2.75. The Hall–Kier alpha value is -1.96. The Morgan fingerprint density at radius 3 is 2.29 bits per heavy atom. The van der Waals surface area contributed by atoms with Gasteiger partial charge in [0, 0.05) is 24.5 Å². The summed E-state index contributed by atoms with van der Waals surface area (Å²) in [7, 11) is 0. The number of hydrogen-bond donors (Lipinski definition) is 1. The summed E-state index contributed by atoms with van der Waals surface area (Å²) >= 11 is 0. The highest BCUT2D eigenvalue weighted by Crippen LogP contribution is 2.31. The minimum atomic E-state index is 0.835. The van der Waals surface area contributed by atoms with Gasteiger partial charge in [0.15, 0.2) is 0 Å². The van der Waals surface area contributed by atoms with Gasteiger partial charge in [0.2, 0.25) is 0 Å². The monoisotopic (exact) mass is 224 g/mol. The molecule has 0 spiro atoms. The van der Waals surface area contributed by atoms with E-state index in [0.29, 0.717) is 0 Å². The molecule has 2 aromatic rings. The Labute approximate surface area is 102 Å². The lowest BCUT2D eigenvalue weighted by atomic mass is 10.1. The fraction of sp³-hybridized carbons (Fsp3) is 0.200. The molecule has 1 aliphatic rings. The molecular formula is C15H16N2. The number of nitrogen functional groups attached to an aromatic ring is 1. The minimum Gasteiger partial charge on any atom is -0.399 e. The van der Waals surface area contributed by atoms with E-state index in [1.54, 1.807) is 0 Å². The first-order valence-corrected chi connectivity index (χ1v) is 5.92. The molecular weight excluding hydrogens is 208 g/mol. The van der Waals surface area contributed by atoms with Gasteiger partial charge >= 0.3 is 0 Å². The van der Waals surface area contributed by atoms with Crippen LogP contribution in [0.4, 0.5) is 11.4 Å². The number of anilines is 2. The number of rotatable bonds is 1. The Balaban J connectivity index is 1.96. The smallest absolute Gasteiger partial charge is 0.0436 e. The summed E-state index contributed by atoms with van der Waals surface area (Å²) in [5.41, 5.74) is 12.1. The summed E-state index contributed by atoms with van der Waals surface area (Å²) in [5.74, 6) is 0. The zero-order valence-electron chi connectivity index (χ0n) is 9.98. The first-order valence-electron chi connectivity index (χ1n) is 5.92. The molecule has 0 aliphatic carbocycles. The Bertz CT molecular complexity index is 536. The first kappa shape index (κ1) is 10.2. The van der Waals surface area contributed by atoms with Gasteiger partial charge in [-0.1, -0.05) is 30.3 Å². The van der Waals surface area contributed by atoms with Crippen molar-refractivity contribution in [1.82, 2.24) is 0 Å². The van der Waals surface area contributed by atoms with Crippen LogP contribution < -0.4 is 10.6 Å². The number of nitrogens with zero attached hydrogens (tertiary/aromatic N) is 1. The van der Waals surface area contributed by atoms with E-state index in [1.165, 1.54) is 22.4 Å². The molecule has 0 aromatic heterocycles. The molecule has 17 heavy (non-hydrogen) atoms. The average molecular weight is 224 g/mol. The molecule has 3 rings (SSSR count). The second-order valence-electron chi connectivity index (χ2n) is 4.67. The molecule has 0 unspecified atom stereocenters. The lowest BCUT2D eigenvalue weighted by Crippen LogP contribution is -2.15. The van der Waals surface area contributed by atoms with Crippen molar-refractivity contribution in [2.75, 3.05) is 10.6 Å². The maximum atomic E-state index is 5.87. The molecule has 1 heterocycles. The van der Waals surface area contributed by atoms with Gasteiger partial charge < -0.3 is 10.6 Å². The topological polar surface area (TPSA) is 29.3 Å². The molecule has 2 heteroatoms. The third-order valence-corrected chi connectivity index (χ3v) is 3.41. The summed E-state index contributed by atoms with van der Waals surface area (Å²) in [6, 6.07) is 14.7. The van der Waals surface area contributed by atoms with Gasteiger partial charge in [-0.3, -0.25) is 0 Å². The number of nitrogens with two attached hydrogens (primary N) is 1. The first-order chi connectivity index (χ1) is 8.24. The fourth-order valence-corrected chi connectivity index (χ4v) is 2.47. The Kier molecular flexibility index (Phi) is 2.29. The summed E-state index contributed by atoms with van der Waals surface area (Å²) in [4.78, 5) is 2.39. The van der Waals surface area contributed by atoms with Crippen molar-refractivity contribution < 1.29 is 0 Å². The quantitative estimate of drug-likeness (QED) is 0.754. The molecule has 0 fully saturated rings. The van der Waals surface area contributed by atoms with Crippen molar-refractivity contribution in [1.29, 1.82) is 0 Å². The van der Waals surface area contributed by atoms with Crippen molar-refractivity contribution in [2.45, 2.75) is 20.0 Å². The highest BCUT2D eigenvalue weighted by atomic mass is 15.1. The number of aryl methyl sites for hydroxylation is 1. The highest BCUT2D eigenvalue weighted by Gasteiger charge is 2.19. The third kappa shape index (κ3) is 1.76.